The second-order valence-corrected chi connectivity index (χ2v) is 7.98. The van der Waals surface area contributed by atoms with Crippen molar-refractivity contribution in [2.24, 2.45) is 5.92 Å². The molecule has 1 saturated heterocycles. The van der Waals surface area contributed by atoms with Crippen molar-refractivity contribution in [1.82, 2.24) is 4.90 Å². The van der Waals surface area contributed by atoms with Gasteiger partial charge in [-0.05, 0) is 54.8 Å². The van der Waals surface area contributed by atoms with Crippen LogP contribution < -0.4 is 10.1 Å². The minimum atomic E-state index is -0.879. The molecule has 170 valence electrons. The van der Waals surface area contributed by atoms with Crippen molar-refractivity contribution in [2.75, 3.05) is 18.4 Å². The lowest BCUT2D eigenvalue weighted by Crippen LogP contribution is -2.41. The number of carbonyl (C=O) groups excluding carboxylic acids is 2. The van der Waals surface area contributed by atoms with Crippen LogP contribution in [0.3, 0.4) is 0 Å². The second kappa shape index (κ2) is 10.3. The van der Waals surface area contributed by atoms with Crippen LogP contribution in [0, 0.1) is 17.6 Å². The minimum Gasteiger partial charge on any atom is -0.489 e. The highest BCUT2D eigenvalue weighted by molar-refractivity contribution is 5.95. The number of anilines is 1. The molecule has 1 aliphatic heterocycles. The van der Waals surface area contributed by atoms with Crippen molar-refractivity contribution >= 4 is 17.5 Å². The van der Waals surface area contributed by atoms with Gasteiger partial charge in [0, 0.05) is 30.8 Å². The number of carbonyl (C=O) groups is 2. The zero-order valence-corrected chi connectivity index (χ0v) is 18.0. The highest BCUT2D eigenvalue weighted by Crippen LogP contribution is 2.23. The van der Waals surface area contributed by atoms with Crippen LogP contribution in [0.2, 0.25) is 0 Å². The molecule has 3 aromatic rings. The average Bonchev–Trinajstić information content (AvgIpc) is 2.84. The highest BCUT2D eigenvalue weighted by Gasteiger charge is 2.29. The van der Waals surface area contributed by atoms with Gasteiger partial charge in [0.25, 0.3) is 5.91 Å². The first kappa shape index (κ1) is 22.5. The number of halogens is 2. The van der Waals surface area contributed by atoms with Gasteiger partial charge in [0.05, 0.1) is 5.56 Å². The maximum atomic E-state index is 13.9. The predicted molar refractivity (Wildman–Crippen MR) is 121 cm³/mol. The average molecular weight is 450 g/mol. The molecule has 1 fully saturated rings. The van der Waals surface area contributed by atoms with Crippen LogP contribution in [0.15, 0.2) is 72.8 Å². The molecule has 0 radical (unpaired) electrons. The van der Waals surface area contributed by atoms with Crippen molar-refractivity contribution in [3.05, 3.63) is 95.6 Å². The Bertz CT molecular complexity index is 1110. The van der Waals surface area contributed by atoms with Crippen LogP contribution in [0.1, 0.15) is 28.8 Å². The van der Waals surface area contributed by atoms with Crippen molar-refractivity contribution < 1.29 is 23.1 Å². The Morgan fingerprint density at radius 1 is 0.939 bits per heavy atom. The van der Waals surface area contributed by atoms with Gasteiger partial charge >= 0.3 is 0 Å². The quantitative estimate of drug-likeness (QED) is 0.573. The van der Waals surface area contributed by atoms with Crippen LogP contribution >= 0.6 is 0 Å². The summed E-state index contributed by atoms with van der Waals surface area (Å²) in [4.78, 5) is 26.7. The van der Waals surface area contributed by atoms with Gasteiger partial charge in [-0.3, -0.25) is 9.59 Å². The molecule has 1 heterocycles. The summed E-state index contributed by atoms with van der Waals surface area (Å²) < 4.78 is 32.7. The van der Waals surface area contributed by atoms with E-state index in [1.165, 1.54) is 4.90 Å². The number of likely N-dealkylation sites (tertiary alicyclic amines) is 1. The molecule has 4 rings (SSSR count). The number of rotatable bonds is 6. The molecule has 0 saturated carbocycles. The van der Waals surface area contributed by atoms with E-state index in [4.69, 9.17) is 4.74 Å². The monoisotopic (exact) mass is 450 g/mol. The van der Waals surface area contributed by atoms with Crippen LogP contribution in [-0.4, -0.2) is 29.8 Å². The number of amides is 2. The predicted octanol–water partition coefficient (Wildman–Crippen LogP) is 5.03. The lowest BCUT2D eigenvalue weighted by atomic mass is 9.95. The summed E-state index contributed by atoms with van der Waals surface area (Å²) >= 11 is 0. The third kappa shape index (κ3) is 5.74. The van der Waals surface area contributed by atoms with Gasteiger partial charge < -0.3 is 15.0 Å². The zero-order valence-electron chi connectivity index (χ0n) is 18.0. The Morgan fingerprint density at radius 3 is 2.30 bits per heavy atom. The van der Waals surface area contributed by atoms with Crippen LogP contribution in [0.5, 0.6) is 5.75 Å². The number of hydrogen-bond donors (Lipinski definition) is 1. The zero-order chi connectivity index (χ0) is 23.2. The first-order valence-corrected chi connectivity index (χ1v) is 10.8. The Kier molecular flexibility index (Phi) is 6.98. The Balaban J connectivity index is 1.26. The maximum absolute atomic E-state index is 13.9. The normalized spacial score (nSPS) is 14.1. The van der Waals surface area contributed by atoms with E-state index in [9.17, 15) is 18.4 Å². The maximum Gasteiger partial charge on any atom is 0.256 e. The van der Waals surface area contributed by atoms with Crippen LogP contribution in [-0.2, 0) is 11.4 Å². The molecular formula is C26H24F2N2O3. The Morgan fingerprint density at radius 2 is 1.64 bits per heavy atom. The van der Waals surface area contributed by atoms with Gasteiger partial charge in [-0.2, -0.15) is 0 Å². The number of ether oxygens (including phenoxy) is 1. The standard InChI is InChI=1S/C26H24F2N2O3/c27-20-6-11-23(24(28)16-20)26(32)30-14-12-19(13-15-30)25(31)29-21-7-9-22(10-8-21)33-17-18-4-2-1-3-5-18/h1-11,16,19H,12-15,17H2,(H,29,31). The summed E-state index contributed by atoms with van der Waals surface area (Å²) in [5.41, 5.74) is 1.58. The number of nitrogens with one attached hydrogen (secondary N) is 1. The molecule has 5 nitrogen and oxygen atoms in total. The number of nitrogens with zero attached hydrogens (tertiary/aromatic N) is 1. The van der Waals surface area contributed by atoms with Gasteiger partial charge in [-0.15, -0.1) is 0 Å². The molecule has 0 unspecified atom stereocenters. The number of piperidine rings is 1. The molecule has 2 amide bonds. The smallest absolute Gasteiger partial charge is 0.256 e. The molecule has 0 aliphatic carbocycles. The summed E-state index contributed by atoms with van der Waals surface area (Å²) in [6.07, 6.45) is 0.942. The van der Waals surface area contributed by atoms with E-state index >= 15 is 0 Å². The second-order valence-electron chi connectivity index (χ2n) is 7.98. The Labute approximate surface area is 191 Å². The molecule has 1 N–H and O–H groups in total. The van der Waals surface area contributed by atoms with Gasteiger partial charge in [0.15, 0.2) is 0 Å². The fourth-order valence-electron chi connectivity index (χ4n) is 3.80. The van der Waals surface area contributed by atoms with Gasteiger partial charge in [-0.1, -0.05) is 30.3 Å². The molecule has 0 bridgehead atoms. The lowest BCUT2D eigenvalue weighted by Gasteiger charge is -2.31. The van der Waals surface area contributed by atoms with Gasteiger partial charge in [0.1, 0.15) is 24.0 Å². The molecule has 0 spiro atoms. The van der Waals surface area contributed by atoms with E-state index in [1.807, 2.05) is 30.3 Å². The van der Waals surface area contributed by atoms with Crippen molar-refractivity contribution in [1.29, 1.82) is 0 Å². The third-order valence-corrected chi connectivity index (χ3v) is 5.68. The minimum absolute atomic E-state index is 0.118. The molecule has 7 heteroatoms. The molecule has 33 heavy (non-hydrogen) atoms. The fraction of sp³-hybridized carbons (Fsp3) is 0.231. The summed E-state index contributed by atoms with van der Waals surface area (Å²) in [5, 5.41) is 2.90. The van der Waals surface area contributed by atoms with Crippen molar-refractivity contribution in [2.45, 2.75) is 19.4 Å². The van der Waals surface area contributed by atoms with Gasteiger partial charge in [-0.25, -0.2) is 8.78 Å². The lowest BCUT2D eigenvalue weighted by molar-refractivity contribution is -0.121. The van der Waals surface area contributed by atoms with E-state index < -0.39 is 17.5 Å². The largest absolute Gasteiger partial charge is 0.489 e. The molecule has 1 aliphatic rings. The first-order valence-electron chi connectivity index (χ1n) is 10.8. The SMILES string of the molecule is O=C(Nc1ccc(OCc2ccccc2)cc1)C1CCN(C(=O)c2ccc(F)cc2F)CC1. The summed E-state index contributed by atoms with van der Waals surface area (Å²) in [5.74, 6) is -1.76. The first-order chi connectivity index (χ1) is 16.0. The third-order valence-electron chi connectivity index (χ3n) is 5.68. The summed E-state index contributed by atoms with van der Waals surface area (Å²) in [6.45, 7) is 1.13. The van der Waals surface area contributed by atoms with Crippen LogP contribution in [0.4, 0.5) is 14.5 Å². The van der Waals surface area contributed by atoms with E-state index in [2.05, 4.69) is 5.32 Å². The van der Waals surface area contributed by atoms with E-state index in [-0.39, 0.29) is 17.4 Å². The highest BCUT2D eigenvalue weighted by atomic mass is 19.1. The van der Waals surface area contributed by atoms with E-state index in [1.54, 1.807) is 24.3 Å². The van der Waals surface area contributed by atoms with Crippen molar-refractivity contribution in [3.63, 3.8) is 0 Å². The number of hydrogen-bond acceptors (Lipinski definition) is 3. The summed E-state index contributed by atoms with van der Waals surface area (Å²) in [7, 11) is 0. The fourth-order valence-corrected chi connectivity index (χ4v) is 3.80. The Hall–Kier alpha value is -3.74. The summed E-state index contributed by atoms with van der Waals surface area (Å²) in [6, 6.07) is 19.9. The van der Waals surface area contributed by atoms with E-state index in [0.717, 1.165) is 17.7 Å². The van der Waals surface area contributed by atoms with Crippen LogP contribution in [0.25, 0.3) is 0 Å². The molecule has 0 aromatic heterocycles. The molecule has 0 atom stereocenters. The van der Waals surface area contributed by atoms with Gasteiger partial charge in [0.2, 0.25) is 5.91 Å². The topological polar surface area (TPSA) is 58.6 Å². The number of benzene rings is 3. The molecule has 3 aromatic carbocycles. The van der Waals surface area contributed by atoms with Crippen molar-refractivity contribution in [3.8, 4) is 5.75 Å². The van der Waals surface area contributed by atoms with E-state index in [0.29, 0.717) is 50.0 Å². The molecular weight excluding hydrogens is 426 g/mol.